The van der Waals surface area contributed by atoms with Crippen molar-refractivity contribution in [1.82, 2.24) is 16.0 Å². The molecule has 0 aromatic heterocycles. The van der Waals surface area contributed by atoms with Crippen molar-refractivity contribution >= 4 is 47.2 Å². The molecule has 0 saturated heterocycles. The van der Waals surface area contributed by atoms with E-state index in [-0.39, 0.29) is 5.92 Å². The van der Waals surface area contributed by atoms with Gasteiger partial charge in [-0.2, -0.15) is 23.5 Å². The van der Waals surface area contributed by atoms with Crippen LogP contribution in [0.3, 0.4) is 0 Å². The van der Waals surface area contributed by atoms with Crippen LogP contribution in [0.2, 0.25) is 0 Å². The maximum absolute atomic E-state index is 12.8. The number of carboxylic acids is 1. The van der Waals surface area contributed by atoms with Crippen molar-refractivity contribution < 1.29 is 24.3 Å². The summed E-state index contributed by atoms with van der Waals surface area (Å²) in [6.07, 6.45) is 4.98. The highest BCUT2D eigenvalue weighted by molar-refractivity contribution is 7.98. The molecule has 0 spiro atoms. The van der Waals surface area contributed by atoms with E-state index < -0.39 is 48.4 Å². The highest BCUT2D eigenvalue weighted by Crippen LogP contribution is 2.07. The minimum Gasteiger partial charge on any atom is -0.480 e. The van der Waals surface area contributed by atoms with E-state index >= 15 is 0 Å². The fourth-order valence-electron chi connectivity index (χ4n) is 2.46. The zero-order chi connectivity index (χ0) is 22.4. The molecule has 3 atom stereocenters. The number of carbonyl (C=O) groups excluding carboxylic acids is 3. The summed E-state index contributed by atoms with van der Waals surface area (Å²) in [6.45, 7) is 3.38. The van der Waals surface area contributed by atoms with E-state index in [1.165, 1.54) is 23.5 Å². The maximum atomic E-state index is 12.8. The van der Waals surface area contributed by atoms with Gasteiger partial charge in [0.1, 0.15) is 18.6 Å². The number of hydrogen-bond acceptors (Lipinski definition) is 7. The summed E-state index contributed by atoms with van der Waals surface area (Å²) in [7, 11) is 0. The lowest BCUT2D eigenvalue weighted by atomic mass is 10.0. The molecule has 11 heteroatoms. The van der Waals surface area contributed by atoms with Gasteiger partial charge in [0.15, 0.2) is 0 Å². The summed E-state index contributed by atoms with van der Waals surface area (Å²) >= 11 is 3.04. The van der Waals surface area contributed by atoms with Gasteiger partial charge in [0.25, 0.3) is 0 Å². The Balaban J connectivity index is 5.12. The van der Waals surface area contributed by atoms with Crippen molar-refractivity contribution in [2.24, 2.45) is 11.7 Å². The molecule has 168 valence electrons. The molecule has 29 heavy (non-hydrogen) atoms. The standard InChI is InChI=1S/C18H34N4O5S2/c1-11(2)9-12(19)16(25)21-14(6-8-29-4)18(27)22-13(5-7-28-3)17(26)20-10-15(23)24/h11-14H,5-10,19H2,1-4H3,(H,20,26)(H,21,25)(H,22,27)(H,23,24). The van der Waals surface area contributed by atoms with E-state index in [1.54, 1.807) is 0 Å². The highest BCUT2D eigenvalue weighted by atomic mass is 32.2. The highest BCUT2D eigenvalue weighted by Gasteiger charge is 2.28. The lowest BCUT2D eigenvalue weighted by Gasteiger charge is -2.24. The van der Waals surface area contributed by atoms with Crippen molar-refractivity contribution in [2.75, 3.05) is 30.6 Å². The number of carbonyl (C=O) groups is 4. The first-order chi connectivity index (χ1) is 13.6. The number of aliphatic carboxylic acids is 1. The minimum absolute atomic E-state index is 0.239. The fourth-order valence-corrected chi connectivity index (χ4v) is 3.40. The molecular weight excluding hydrogens is 416 g/mol. The number of carboxylic acid groups (broad SMARTS) is 1. The smallest absolute Gasteiger partial charge is 0.322 e. The molecule has 0 aromatic carbocycles. The predicted octanol–water partition coefficient (Wildman–Crippen LogP) is 0.0364. The van der Waals surface area contributed by atoms with E-state index in [9.17, 15) is 19.2 Å². The Kier molecular flexibility index (Phi) is 14.6. The van der Waals surface area contributed by atoms with Crippen LogP contribution < -0.4 is 21.7 Å². The Morgan fingerprint density at radius 3 is 1.83 bits per heavy atom. The molecule has 0 aliphatic carbocycles. The second-order valence-electron chi connectivity index (χ2n) is 7.03. The van der Waals surface area contributed by atoms with Gasteiger partial charge in [-0.05, 0) is 49.2 Å². The van der Waals surface area contributed by atoms with Crippen LogP contribution in [-0.4, -0.2) is 77.5 Å². The summed E-state index contributed by atoms with van der Waals surface area (Å²) in [5, 5.41) is 16.4. The molecule has 0 aliphatic rings. The quantitative estimate of drug-likeness (QED) is 0.235. The van der Waals surface area contributed by atoms with Gasteiger partial charge >= 0.3 is 5.97 Å². The first kappa shape index (κ1) is 27.5. The second kappa shape index (κ2) is 15.4. The van der Waals surface area contributed by atoms with Crippen LogP contribution in [0.4, 0.5) is 0 Å². The molecule has 0 heterocycles. The van der Waals surface area contributed by atoms with Crippen molar-refractivity contribution in [2.45, 2.75) is 51.2 Å². The third kappa shape index (κ3) is 12.7. The summed E-state index contributed by atoms with van der Waals surface area (Å²) < 4.78 is 0. The van der Waals surface area contributed by atoms with Crippen molar-refractivity contribution in [1.29, 1.82) is 0 Å². The molecule has 0 aliphatic heterocycles. The maximum Gasteiger partial charge on any atom is 0.322 e. The Morgan fingerprint density at radius 1 is 0.897 bits per heavy atom. The number of rotatable bonds is 15. The fraction of sp³-hybridized carbons (Fsp3) is 0.778. The summed E-state index contributed by atoms with van der Waals surface area (Å²) in [5.74, 6) is -1.15. The molecule has 9 nitrogen and oxygen atoms in total. The number of nitrogens with two attached hydrogens (primary N) is 1. The number of nitrogens with one attached hydrogen (secondary N) is 3. The van der Waals surface area contributed by atoms with Crippen LogP contribution >= 0.6 is 23.5 Å². The largest absolute Gasteiger partial charge is 0.480 e. The van der Waals surface area contributed by atoms with Crippen LogP contribution in [0.5, 0.6) is 0 Å². The van der Waals surface area contributed by atoms with E-state index in [0.717, 1.165) is 0 Å². The average molecular weight is 451 g/mol. The van der Waals surface area contributed by atoms with E-state index in [1.807, 2.05) is 26.4 Å². The number of hydrogen-bond donors (Lipinski definition) is 5. The van der Waals surface area contributed by atoms with Crippen molar-refractivity contribution in [3.05, 3.63) is 0 Å². The molecule has 0 saturated carbocycles. The van der Waals surface area contributed by atoms with E-state index in [4.69, 9.17) is 10.8 Å². The third-order valence-corrected chi connectivity index (χ3v) is 5.25. The van der Waals surface area contributed by atoms with E-state index in [0.29, 0.717) is 30.8 Å². The Bertz CT molecular complexity index is 548. The van der Waals surface area contributed by atoms with Gasteiger partial charge in [0, 0.05) is 0 Å². The van der Waals surface area contributed by atoms with E-state index in [2.05, 4.69) is 16.0 Å². The first-order valence-corrected chi connectivity index (χ1v) is 12.2. The van der Waals surface area contributed by atoms with Crippen molar-refractivity contribution in [3.8, 4) is 0 Å². The van der Waals surface area contributed by atoms with Gasteiger partial charge < -0.3 is 26.8 Å². The van der Waals surface area contributed by atoms with Crippen LogP contribution in [0.25, 0.3) is 0 Å². The second-order valence-corrected chi connectivity index (χ2v) is 9.00. The molecule has 3 unspecified atom stereocenters. The predicted molar refractivity (Wildman–Crippen MR) is 118 cm³/mol. The molecular formula is C18H34N4O5S2. The summed E-state index contributed by atoms with van der Waals surface area (Å²) in [6, 6.07) is -2.42. The topological polar surface area (TPSA) is 151 Å². The molecule has 0 radical (unpaired) electrons. The lowest BCUT2D eigenvalue weighted by molar-refractivity contribution is -0.138. The normalized spacial score (nSPS) is 14.0. The lowest BCUT2D eigenvalue weighted by Crippen LogP contribution is -2.56. The van der Waals surface area contributed by atoms with Gasteiger partial charge in [0.2, 0.25) is 17.7 Å². The summed E-state index contributed by atoms with van der Waals surface area (Å²) in [4.78, 5) is 48.1. The Morgan fingerprint density at radius 2 is 1.38 bits per heavy atom. The van der Waals surface area contributed by atoms with Gasteiger partial charge in [-0.3, -0.25) is 19.2 Å². The Hall–Kier alpha value is -1.46. The molecule has 0 aromatic rings. The number of amides is 3. The molecule has 0 bridgehead atoms. The third-order valence-electron chi connectivity index (χ3n) is 3.96. The zero-order valence-corrected chi connectivity index (χ0v) is 19.2. The molecule has 0 rings (SSSR count). The van der Waals surface area contributed by atoms with Gasteiger partial charge in [-0.1, -0.05) is 13.8 Å². The van der Waals surface area contributed by atoms with Gasteiger partial charge in [-0.25, -0.2) is 0 Å². The minimum atomic E-state index is -1.17. The molecule has 0 fully saturated rings. The Labute approximate surface area is 181 Å². The van der Waals surface area contributed by atoms with Crippen LogP contribution in [0, 0.1) is 5.92 Å². The summed E-state index contributed by atoms with van der Waals surface area (Å²) in [5.41, 5.74) is 5.91. The van der Waals surface area contributed by atoms with Crippen LogP contribution in [-0.2, 0) is 19.2 Å². The molecule has 6 N–H and O–H groups in total. The van der Waals surface area contributed by atoms with Crippen molar-refractivity contribution in [3.63, 3.8) is 0 Å². The van der Waals surface area contributed by atoms with Crippen LogP contribution in [0.1, 0.15) is 33.1 Å². The zero-order valence-electron chi connectivity index (χ0n) is 17.5. The molecule has 3 amide bonds. The first-order valence-electron chi connectivity index (χ1n) is 9.46. The SMILES string of the molecule is CSCCC(NC(=O)C(N)CC(C)C)C(=O)NC(CCSC)C(=O)NCC(=O)O. The van der Waals surface area contributed by atoms with Gasteiger partial charge in [-0.15, -0.1) is 0 Å². The average Bonchev–Trinajstić information content (AvgIpc) is 2.65. The van der Waals surface area contributed by atoms with Gasteiger partial charge in [0.05, 0.1) is 6.04 Å². The van der Waals surface area contributed by atoms with Crippen LogP contribution in [0.15, 0.2) is 0 Å². The number of thioether (sulfide) groups is 2. The monoisotopic (exact) mass is 450 g/mol.